The number of ether oxygens (including phenoxy) is 1. The van der Waals surface area contributed by atoms with Gasteiger partial charge in [-0.1, -0.05) is 0 Å². The fraction of sp³-hybridized carbons (Fsp3) is 0.667. The van der Waals surface area contributed by atoms with Crippen molar-refractivity contribution in [3.05, 3.63) is 0 Å². The Morgan fingerprint density at radius 1 is 1.50 bits per heavy atom. The van der Waals surface area contributed by atoms with E-state index >= 15 is 0 Å². The van der Waals surface area contributed by atoms with Gasteiger partial charge in [0.2, 0.25) is 5.91 Å². The van der Waals surface area contributed by atoms with Crippen LogP contribution in [0.2, 0.25) is 0 Å². The SMILES string of the molecule is COC(=O)CC(N)(O)CC(N)=O. The van der Waals surface area contributed by atoms with Crippen molar-refractivity contribution < 1.29 is 19.4 Å². The molecule has 0 aromatic heterocycles. The first kappa shape index (κ1) is 10.9. The van der Waals surface area contributed by atoms with E-state index in [4.69, 9.17) is 16.6 Å². The standard InChI is InChI=1S/C6H12N2O4/c1-12-5(10)3-6(8,11)2-4(7)9/h11H,2-3,8H2,1H3,(H2,7,9). The predicted octanol–water partition coefficient (Wildman–Crippen LogP) is -1.93. The maximum atomic E-state index is 10.6. The Balaban J connectivity index is 4.03. The molecule has 0 spiro atoms. The molecule has 0 bridgehead atoms. The normalized spacial score (nSPS) is 14.9. The average Bonchev–Trinajstić information content (AvgIpc) is 1.83. The van der Waals surface area contributed by atoms with Crippen LogP contribution in [0.25, 0.3) is 0 Å². The number of aliphatic hydroxyl groups is 1. The van der Waals surface area contributed by atoms with Gasteiger partial charge in [-0.2, -0.15) is 0 Å². The molecule has 1 atom stereocenters. The second-order valence-electron chi connectivity index (χ2n) is 2.50. The molecule has 1 unspecified atom stereocenters. The second-order valence-corrected chi connectivity index (χ2v) is 2.50. The molecule has 6 nitrogen and oxygen atoms in total. The number of primary amides is 1. The van der Waals surface area contributed by atoms with E-state index in [9.17, 15) is 9.59 Å². The Morgan fingerprint density at radius 3 is 2.33 bits per heavy atom. The molecule has 0 aromatic carbocycles. The third kappa shape index (κ3) is 4.64. The first-order chi connectivity index (χ1) is 5.37. The molecule has 0 aliphatic heterocycles. The quantitative estimate of drug-likeness (QED) is 0.341. The molecule has 1 amide bonds. The summed E-state index contributed by atoms with van der Waals surface area (Å²) in [5, 5.41) is 9.16. The maximum absolute atomic E-state index is 10.6. The second kappa shape index (κ2) is 4.03. The maximum Gasteiger partial charge on any atom is 0.309 e. The van der Waals surface area contributed by atoms with Crippen LogP contribution in [0, 0.1) is 0 Å². The fourth-order valence-electron chi connectivity index (χ4n) is 0.686. The zero-order valence-corrected chi connectivity index (χ0v) is 6.74. The number of carbonyl (C=O) groups excluding carboxylic acids is 2. The summed E-state index contributed by atoms with van der Waals surface area (Å²) >= 11 is 0. The lowest BCUT2D eigenvalue weighted by atomic mass is 10.1. The average molecular weight is 176 g/mol. The highest BCUT2D eigenvalue weighted by Gasteiger charge is 2.27. The number of carbonyl (C=O) groups is 2. The monoisotopic (exact) mass is 176 g/mol. The van der Waals surface area contributed by atoms with Gasteiger partial charge in [-0.15, -0.1) is 0 Å². The molecule has 0 aliphatic rings. The van der Waals surface area contributed by atoms with E-state index in [1.807, 2.05) is 0 Å². The Bertz CT molecular complexity index is 190. The molecule has 0 heterocycles. The zero-order valence-electron chi connectivity index (χ0n) is 6.74. The summed E-state index contributed by atoms with van der Waals surface area (Å²) in [6, 6.07) is 0. The molecule has 5 N–H and O–H groups in total. The van der Waals surface area contributed by atoms with E-state index in [1.165, 1.54) is 0 Å². The number of methoxy groups -OCH3 is 1. The van der Waals surface area contributed by atoms with Crippen molar-refractivity contribution in [1.29, 1.82) is 0 Å². The van der Waals surface area contributed by atoms with Crippen LogP contribution < -0.4 is 11.5 Å². The summed E-state index contributed by atoms with van der Waals surface area (Å²) in [6.07, 6.45) is -0.922. The highest BCUT2D eigenvalue weighted by Crippen LogP contribution is 2.07. The molecule has 6 heteroatoms. The molecular weight excluding hydrogens is 164 g/mol. The van der Waals surface area contributed by atoms with Crippen LogP contribution in [-0.4, -0.2) is 29.8 Å². The van der Waals surface area contributed by atoms with Gasteiger partial charge < -0.3 is 21.3 Å². The number of rotatable bonds is 4. The third-order valence-electron chi connectivity index (χ3n) is 1.16. The highest BCUT2D eigenvalue weighted by atomic mass is 16.5. The van der Waals surface area contributed by atoms with Crippen molar-refractivity contribution >= 4 is 11.9 Å². The van der Waals surface area contributed by atoms with Crippen LogP contribution in [0.4, 0.5) is 0 Å². The molecule has 0 saturated heterocycles. The summed E-state index contributed by atoms with van der Waals surface area (Å²) in [4.78, 5) is 20.9. The third-order valence-corrected chi connectivity index (χ3v) is 1.16. The molecule has 0 saturated carbocycles. The fourth-order valence-corrected chi connectivity index (χ4v) is 0.686. The van der Waals surface area contributed by atoms with E-state index in [2.05, 4.69) is 4.74 Å². The van der Waals surface area contributed by atoms with Crippen LogP contribution in [0.1, 0.15) is 12.8 Å². The zero-order chi connectivity index (χ0) is 9.78. The van der Waals surface area contributed by atoms with Crippen LogP contribution in [0.15, 0.2) is 0 Å². The van der Waals surface area contributed by atoms with Crippen LogP contribution >= 0.6 is 0 Å². The van der Waals surface area contributed by atoms with Gasteiger partial charge in [-0.05, 0) is 0 Å². The van der Waals surface area contributed by atoms with Gasteiger partial charge in [0.25, 0.3) is 0 Å². The van der Waals surface area contributed by atoms with E-state index in [1.54, 1.807) is 0 Å². The van der Waals surface area contributed by atoms with Gasteiger partial charge in [-0.25, -0.2) is 0 Å². The largest absolute Gasteiger partial charge is 0.469 e. The van der Waals surface area contributed by atoms with Gasteiger partial charge in [0.1, 0.15) is 5.72 Å². The Morgan fingerprint density at radius 2 is 2.00 bits per heavy atom. The van der Waals surface area contributed by atoms with Gasteiger partial charge in [-0.3, -0.25) is 9.59 Å². The minimum Gasteiger partial charge on any atom is -0.469 e. The highest BCUT2D eigenvalue weighted by molar-refractivity contribution is 5.77. The Labute approximate surface area is 69.5 Å². The summed E-state index contributed by atoms with van der Waals surface area (Å²) in [7, 11) is 1.16. The number of hydrogen-bond donors (Lipinski definition) is 3. The smallest absolute Gasteiger partial charge is 0.309 e. The molecular formula is C6H12N2O4. The van der Waals surface area contributed by atoms with E-state index in [0.717, 1.165) is 7.11 Å². The molecule has 0 fully saturated rings. The Kier molecular flexibility index (Phi) is 3.65. The van der Waals surface area contributed by atoms with E-state index in [-0.39, 0.29) is 0 Å². The predicted molar refractivity (Wildman–Crippen MR) is 39.6 cm³/mol. The summed E-state index contributed by atoms with van der Waals surface area (Å²) in [5.41, 5.74) is 8.01. The van der Waals surface area contributed by atoms with Crippen molar-refractivity contribution in [2.45, 2.75) is 18.6 Å². The first-order valence-electron chi connectivity index (χ1n) is 3.24. The summed E-state index contributed by atoms with van der Waals surface area (Å²) < 4.78 is 4.24. The van der Waals surface area contributed by atoms with Crippen molar-refractivity contribution in [1.82, 2.24) is 0 Å². The lowest BCUT2D eigenvalue weighted by Gasteiger charge is -2.19. The molecule has 0 aromatic rings. The number of nitrogens with two attached hydrogens (primary N) is 2. The Hall–Kier alpha value is -1.14. The van der Waals surface area contributed by atoms with Crippen molar-refractivity contribution in [2.24, 2.45) is 11.5 Å². The van der Waals surface area contributed by atoms with E-state index < -0.39 is 30.4 Å². The minimum atomic E-state index is -1.90. The summed E-state index contributed by atoms with van der Waals surface area (Å²) in [6.45, 7) is 0. The molecule has 0 radical (unpaired) electrons. The molecule has 70 valence electrons. The lowest BCUT2D eigenvalue weighted by Crippen LogP contribution is -2.45. The topological polar surface area (TPSA) is 116 Å². The number of amides is 1. The van der Waals surface area contributed by atoms with Gasteiger partial charge >= 0.3 is 5.97 Å². The molecule has 0 aliphatic carbocycles. The van der Waals surface area contributed by atoms with Gasteiger partial charge in [0.15, 0.2) is 0 Å². The minimum absolute atomic E-state index is 0.452. The number of esters is 1. The van der Waals surface area contributed by atoms with Crippen LogP contribution in [-0.2, 0) is 14.3 Å². The van der Waals surface area contributed by atoms with Crippen LogP contribution in [0.5, 0.6) is 0 Å². The van der Waals surface area contributed by atoms with Crippen molar-refractivity contribution in [2.75, 3.05) is 7.11 Å². The molecule has 0 rings (SSSR count). The van der Waals surface area contributed by atoms with Gasteiger partial charge in [0, 0.05) is 0 Å². The van der Waals surface area contributed by atoms with Crippen molar-refractivity contribution in [3.8, 4) is 0 Å². The number of hydrogen-bond acceptors (Lipinski definition) is 5. The first-order valence-corrected chi connectivity index (χ1v) is 3.24. The van der Waals surface area contributed by atoms with E-state index in [0.29, 0.717) is 0 Å². The lowest BCUT2D eigenvalue weighted by molar-refractivity contribution is -0.146. The molecule has 12 heavy (non-hydrogen) atoms. The van der Waals surface area contributed by atoms with Crippen molar-refractivity contribution in [3.63, 3.8) is 0 Å². The summed E-state index contributed by atoms with van der Waals surface area (Å²) in [5.74, 6) is -1.47. The van der Waals surface area contributed by atoms with Crippen LogP contribution in [0.3, 0.4) is 0 Å². The van der Waals surface area contributed by atoms with Gasteiger partial charge in [0.05, 0.1) is 20.0 Å².